The maximum atomic E-state index is 12.6. The van der Waals surface area contributed by atoms with Gasteiger partial charge in [0.05, 0.1) is 11.2 Å². The maximum absolute atomic E-state index is 12.6. The quantitative estimate of drug-likeness (QED) is 0.559. The molecule has 0 saturated heterocycles. The topological polar surface area (TPSA) is 93.8 Å². The van der Waals surface area contributed by atoms with Gasteiger partial charge in [-0.1, -0.05) is 12.1 Å². The normalized spacial score (nSPS) is 10.9. The molecule has 27 heavy (non-hydrogen) atoms. The summed E-state index contributed by atoms with van der Waals surface area (Å²) in [6, 6.07) is 11.5. The second-order valence-corrected chi connectivity index (χ2v) is 7.14. The van der Waals surface area contributed by atoms with E-state index in [1.807, 2.05) is 55.6 Å². The van der Waals surface area contributed by atoms with Crippen molar-refractivity contribution in [3.05, 3.63) is 64.8 Å². The fourth-order valence-electron chi connectivity index (χ4n) is 2.87. The fraction of sp³-hybridized carbons (Fsp3) is 0.100. The summed E-state index contributed by atoms with van der Waals surface area (Å²) in [5.41, 5.74) is 11.0. The molecule has 3 N–H and O–H groups in total. The van der Waals surface area contributed by atoms with Gasteiger partial charge in [-0.3, -0.25) is 10.1 Å². The summed E-state index contributed by atoms with van der Waals surface area (Å²) in [6.07, 6.45) is 1.71. The average molecular weight is 375 g/mol. The van der Waals surface area contributed by atoms with E-state index >= 15 is 0 Å². The van der Waals surface area contributed by atoms with E-state index in [-0.39, 0.29) is 11.9 Å². The Morgan fingerprint density at radius 1 is 1.11 bits per heavy atom. The SMILES string of the molecule is Cc1csc(NC(=O)c2ccc(C)c(-c3ccc4nc(N)ncc4c3)c2)n1. The number of anilines is 2. The largest absolute Gasteiger partial charge is 0.368 e. The first-order valence-electron chi connectivity index (χ1n) is 8.36. The van der Waals surface area contributed by atoms with Crippen LogP contribution in [0.25, 0.3) is 22.0 Å². The molecule has 1 amide bonds. The van der Waals surface area contributed by atoms with Crippen LogP contribution < -0.4 is 11.1 Å². The average Bonchev–Trinajstić information content (AvgIpc) is 3.06. The number of hydrogen-bond acceptors (Lipinski definition) is 6. The van der Waals surface area contributed by atoms with Gasteiger partial charge in [0, 0.05) is 22.5 Å². The number of carbonyl (C=O) groups excluding carboxylic acids is 1. The monoisotopic (exact) mass is 375 g/mol. The van der Waals surface area contributed by atoms with Crippen molar-refractivity contribution < 1.29 is 4.79 Å². The van der Waals surface area contributed by atoms with Crippen LogP contribution in [-0.4, -0.2) is 20.9 Å². The van der Waals surface area contributed by atoms with Crippen LogP contribution in [0.3, 0.4) is 0 Å². The molecule has 2 aromatic carbocycles. The summed E-state index contributed by atoms with van der Waals surface area (Å²) in [6.45, 7) is 3.91. The van der Waals surface area contributed by atoms with E-state index in [1.54, 1.807) is 6.20 Å². The van der Waals surface area contributed by atoms with Crippen LogP contribution in [0.1, 0.15) is 21.6 Å². The summed E-state index contributed by atoms with van der Waals surface area (Å²) in [5.74, 6) is 0.0741. The Kier molecular flexibility index (Phi) is 4.29. The molecule has 0 fully saturated rings. The van der Waals surface area contributed by atoms with Gasteiger partial charge in [0.1, 0.15) is 0 Å². The van der Waals surface area contributed by atoms with Gasteiger partial charge in [-0.25, -0.2) is 15.0 Å². The molecule has 0 bridgehead atoms. The van der Waals surface area contributed by atoms with Crippen molar-refractivity contribution in [3.8, 4) is 11.1 Å². The van der Waals surface area contributed by atoms with E-state index in [4.69, 9.17) is 5.73 Å². The number of nitrogens with two attached hydrogens (primary N) is 1. The first kappa shape index (κ1) is 17.1. The highest BCUT2D eigenvalue weighted by molar-refractivity contribution is 7.13. The van der Waals surface area contributed by atoms with Gasteiger partial charge in [-0.2, -0.15) is 0 Å². The molecule has 0 saturated carbocycles. The van der Waals surface area contributed by atoms with Crippen LogP contribution in [0.15, 0.2) is 48.0 Å². The van der Waals surface area contributed by atoms with Crippen LogP contribution in [0.5, 0.6) is 0 Å². The van der Waals surface area contributed by atoms with Crippen molar-refractivity contribution in [2.45, 2.75) is 13.8 Å². The molecule has 4 rings (SSSR count). The van der Waals surface area contributed by atoms with Gasteiger partial charge in [-0.15, -0.1) is 11.3 Å². The van der Waals surface area contributed by atoms with Gasteiger partial charge in [-0.05, 0) is 54.8 Å². The van der Waals surface area contributed by atoms with Crippen molar-refractivity contribution in [1.29, 1.82) is 0 Å². The zero-order valence-electron chi connectivity index (χ0n) is 14.9. The number of rotatable bonds is 3. The first-order valence-corrected chi connectivity index (χ1v) is 9.24. The zero-order chi connectivity index (χ0) is 19.0. The van der Waals surface area contributed by atoms with Crippen molar-refractivity contribution in [1.82, 2.24) is 15.0 Å². The van der Waals surface area contributed by atoms with Crippen LogP contribution in [0.2, 0.25) is 0 Å². The number of nitrogens with one attached hydrogen (secondary N) is 1. The minimum atomic E-state index is -0.178. The van der Waals surface area contributed by atoms with Gasteiger partial charge in [0.2, 0.25) is 5.95 Å². The number of amides is 1. The molecule has 0 aliphatic heterocycles. The molecule has 6 nitrogen and oxygen atoms in total. The van der Waals surface area contributed by atoms with E-state index < -0.39 is 0 Å². The van der Waals surface area contributed by atoms with Crippen LogP contribution >= 0.6 is 11.3 Å². The number of aromatic nitrogens is 3. The number of aryl methyl sites for hydroxylation is 2. The standard InChI is InChI=1S/C20H17N5OS/c1-11-3-4-14(18(26)25-20-23-12(2)10-27-20)8-16(11)13-5-6-17-15(7-13)9-22-19(21)24-17/h3-10H,1-2H3,(H2,21,22,24)(H,23,25,26). The molecule has 0 unspecified atom stereocenters. The lowest BCUT2D eigenvalue weighted by atomic mass is 9.97. The summed E-state index contributed by atoms with van der Waals surface area (Å²) in [4.78, 5) is 25.1. The third-order valence-electron chi connectivity index (χ3n) is 4.25. The Morgan fingerprint density at radius 2 is 1.96 bits per heavy atom. The lowest BCUT2D eigenvalue weighted by Crippen LogP contribution is -2.12. The Balaban J connectivity index is 1.70. The van der Waals surface area contributed by atoms with Crippen LogP contribution in [-0.2, 0) is 0 Å². The van der Waals surface area contributed by atoms with E-state index in [9.17, 15) is 4.79 Å². The molecule has 0 spiro atoms. The predicted molar refractivity (Wildman–Crippen MR) is 109 cm³/mol. The number of nitrogens with zero attached hydrogens (tertiary/aromatic N) is 3. The number of nitrogen functional groups attached to an aromatic ring is 1. The molecule has 134 valence electrons. The molecule has 0 atom stereocenters. The fourth-order valence-corrected chi connectivity index (χ4v) is 3.55. The Morgan fingerprint density at radius 3 is 2.74 bits per heavy atom. The lowest BCUT2D eigenvalue weighted by molar-refractivity contribution is 0.102. The minimum Gasteiger partial charge on any atom is -0.368 e. The summed E-state index contributed by atoms with van der Waals surface area (Å²) in [5, 5.41) is 6.25. The molecule has 7 heteroatoms. The second kappa shape index (κ2) is 6.77. The van der Waals surface area contributed by atoms with Gasteiger partial charge >= 0.3 is 0 Å². The van der Waals surface area contributed by atoms with Crippen molar-refractivity contribution >= 4 is 39.2 Å². The lowest BCUT2D eigenvalue weighted by Gasteiger charge is -2.10. The maximum Gasteiger partial charge on any atom is 0.257 e. The van der Waals surface area contributed by atoms with Gasteiger partial charge < -0.3 is 5.73 Å². The van der Waals surface area contributed by atoms with E-state index in [1.165, 1.54) is 11.3 Å². The van der Waals surface area contributed by atoms with Crippen molar-refractivity contribution in [2.24, 2.45) is 0 Å². The highest BCUT2D eigenvalue weighted by atomic mass is 32.1. The number of benzene rings is 2. The molecule has 0 aliphatic rings. The number of carbonyl (C=O) groups is 1. The zero-order valence-corrected chi connectivity index (χ0v) is 15.7. The Hall–Kier alpha value is -3.32. The highest BCUT2D eigenvalue weighted by Gasteiger charge is 2.12. The minimum absolute atomic E-state index is 0.178. The second-order valence-electron chi connectivity index (χ2n) is 6.28. The Bertz CT molecular complexity index is 1170. The third kappa shape index (κ3) is 3.50. The molecule has 2 aromatic heterocycles. The Labute approximate surface area is 160 Å². The highest BCUT2D eigenvalue weighted by Crippen LogP contribution is 2.28. The number of fused-ring (bicyclic) bond motifs is 1. The summed E-state index contributed by atoms with van der Waals surface area (Å²) in [7, 11) is 0. The van der Waals surface area contributed by atoms with E-state index in [2.05, 4.69) is 20.3 Å². The van der Waals surface area contributed by atoms with E-state index in [0.717, 1.165) is 33.3 Å². The molecule has 2 heterocycles. The predicted octanol–water partition coefficient (Wildman–Crippen LogP) is 4.20. The van der Waals surface area contributed by atoms with Gasteiger partial charge in [0.25, 0.3) is 5.91 Å². The van der Waals surface area contributed by atoms with Gasteiger partial charge in [0.15, 0.2) is 5.13 Å². The van der Waals surface area contributed by atoms with E-state index in [0.29, 0.717) is 10.7 Å². The molecular formula is C20H17N5OS. The smallest absolute Gasteiger partial charge is 0.257 e. The van der Waals surface area contributed by atoms with Crippen LogP contribution in [0, 0.1) is 13.8 Å². The number of hydrogen-bond donors (Lipinski definition) is 2. The molecule has 0 radical (unpaired) electrons. The van der Waals surface area contributed by atoms with Crippen LogP contribution in [0.4, 0.5) is 11.1 Å². The van der Waals surface area contributed by atoms with Crippen molar-refractivity contribution in [3.63, 3.8) is 0 Å². The third-order valence-corrected chi connectivity index (χ3v) is 5.12. The first-order chi connectivity index (χ1) is 13.0. The molecule has 4 aromatic rings. The molecule has 0 aliphatic carbocycles. The summed E-state index contributed by atoms with van der Waals surface area (Å²) >= 11 is 1.41. The molecular weight excluding hydrogens is 358 g/mol. The summed E-state index contributed by atoms with van der Waals surface area (Å²) < 4.78 is 0. The van der Waals surface area contributed by atoms with Crippen molar-refractivity contribution in [2.75, 3.05) is 11.1 Å². The number of thiazole rings is 1.